The summed E-state index contributed by atoms with van der Waals surface area (Å²) < 4.78 is 6.51. The number of anilines is 6. The number of hydrogen-bond donors (Lipinski definition) is 0. The van der Waals surface area contributed by atoms with Crippen LogP contribution in [-0.2, 0) is 0 Å². The van der Waals surface area contributed by atoms with E-state index in [1.54, 1.807) is 0 Å². The molecule has 0 amide bonds. The molecule has 0 bridgehead atoms. The summed E-state index contributed by atoms with van der Waals surface area (Å²) in [5.41, 5.74) is 6.72. The summed E-state index contributed by atoms with van der Waals surface area (Å²) >= 11 is 0. The predicted octanol–water partition coefficient (Wildman–Crippen LogP) is 5.65. The highest BCUT2D eigenvalue weighted by Crippen LogP contribution is 2.51. The lowest BCUT2D eigenvalue weighted by Gasteiger charge is -2.32. The maximum Gasteiger partial charge on any atom is 0.230 e. The third kappa shape index (κ3) is 2.85. The van der Waals surface area contributed by atoms with E-state index in [1.165, 1.54) is 0 Å². The molecule has 2 atom stereocenters. The Labute approximate surface area is 215 Å². The first-order chi connectivity index (χ1) is 17.9. The number of aryl methyl sites for hydroxylation is 1. The van der Waals surface area contributed by atoms with Crippen LogP contribution in [0.4, 0.5) is 34.4 Å². The molecule has 186 valence electrons. The van der Waals surface area contributed by atoms with Crippen molar-refractivity contribution in [2.75, 3.05) is 33.7 Å². The zero-order chi connectivity index (χ0) is 25.6. The summed E-state index contributed by atoms with van der Waals surface area (Å²) in [6.07, 6.45) is 5.68. The van der Waals surface area contributed by atoms with Gasteiger partial charge in [0.1, 0.15) is 18.2 Å². The number of pyridine rings is 2. The number of nitrogens with zero attached hydrogens (tertiary/aromatic N) is 8. The highest BCUT2D eigenvalue weighted by molar-refractivity contribution is 6.12. The predicted molar refractivity (Wildman–Crippen MR) is 147 cm³/mol. The third-order valence-electron chi connectivity index (χ3n) is 7.96. The van der Waals surface area contributed by atoms with Gasteiger partial charge in [-0.1, -0.05) is 0 Å². The van der Waals surface area contributed by atoms with Gasteiger partial charge in [-0.15, -0.1) is 0 Å². The molecular formula is C28H28N8O. The lowest BCUT2D eigenvalue weighted by molar-refractivity contribution is 0.644. The van der Waals surface area contributed by atoms with Gasteiger partial charge in [0.05, 0.1) is 28.1 Å². The molecular weight excluding hydrogens is 464 g/mol. The van der Waals surface area contributed by atoms with Crippen LogP contribution >= 0.6 is 0 Å². The first-order valence-corrected chi connectivity index (χ1v) is 12.5. The number of furan rings is 1. The number of benzene rings is 1. The normalized spacial score (nSPS) is 18.9. The van der Waals surface area contributed by atoms with Gasteiger partial charge in [-0.05, 0) is 58.0 Å². The average molecular weight is 493 g/mol. The number of rotatable bonds is 2. The smallest absolute Gasteiger partial charge is 0.230 e. The quantitative estimate of drug-likeness (QED) is 0.311. The van der Waals surface area contributed by atoms with Crippen LogP contribution in [0.1, 0.15) is 25.2 Å². The molecule has 0 saturated carbocycles. The Hall–Kier alpha value is -4.40. The minimum absolute atomic E-state index is 0.0344. The van der Waals surface area contributed by atoms with Crippen LogP contribution in [0.5, 0.6) is 0 Å². The van der Waals surface area contributed by atoms with Gasteiger partial charge in [0, 0.05) is 43.6 Å². The Bertz CT molecular complexity index is 1710. The molecule has 0 unspecified atom stereocenters. The molecule has 0 radical (unpaired) electrons. The molecule has 0 saturated heterocycles. The van der Waals surface area contributed by atoms with Crippen LogP contribution in [0.25, 0.3) is 22.1 Å². The van der Waals surface area contributed by atoms with Gasteiger partial charge < -0.3 is 24.0 Å². The van der Waals surface area contributed by atoms with E-state index in [2.05, 4.69) is 82.6 Å². The lowest BCUT2D eigenvalue weighted by Crippen LogP contribution is -2.37. The van der Waals surface area contributed by atoms with E-state index in [-0.39, 0.29) is 12.3 Å². The summed E-state index contributed by atoms with van der Waals surface area (Å²) in [4.78, 5) is 27.8. The van der Waals surface area contributed by atoms with Crippen molar-refractivity contribution in [1.82, 2.24) is 19.9 Å². The second-order valence-corrected chi connectivity index (χ2v) is 9.90. The first kappa shape index (κ1) is 21.8. The molecule has 37 heavy (non-hydrogen) atoms. The molecule has 6 heterocycles. The van der Waals surface area contributed by atoms with Gasteiger partial charge in [-0.3, -0.25) is 0 Å². The second-order valence-electron chi connectivity index (χ2n) is 9.90. The third-order valence-corrected chi connectivity index (χ3v) is 7.96. The maximum absolute atomic E-state index is 6.51. The Morgan fingerprint density at radius 1 is 0.784 bits per heavy atom. The van der Waals surface area contributed by atoms with E-state index in [9.17, 15) is 0 Å². The highest BCUT2D eigenvalue weighted by Gasteiger charge is 2.39. The van der Waals surface area contributed by atoms with Gasteiger partial charge in [0.2, 0.25) is 5.71 Å². The number of aromatic nitrogens is 4. The summed E-state index contributed by atoms with van der Waals surface area (Å²) in [6.45, 7) is 8.44. The molecule has 1 aromatic carbocycles. The molecule has 0 spiro atoms. The topological polar surface area (TPSA) is 77.7 Å². The van der Waals surface area contributed by atoms with Crippen molar-refractivity contribution in [3.8, 4) is 0 Å². The summed E-state index contributed by atoms with van der Waals surface area (Å²) in [6, 6.07) is 10.4. The van der Waals surface area contributed by atoms with Crippen molar-refractivity contribution in [1.29, 1.82) is 0 Å². The Morgan fingerprint density at radius 3 is 2.08 bits per heavy atom. The van der Waals surface area contributed by atoms with Crippen molar-refractivity contribution < 1.29 is 4.42 Å². The zero-order valence-electron chi connectivity index (χ0n) is 21.8. The summed E-state index contributed by atoms with van der Waals surface area (Å²) in [5.74, 6) is 2.53. The molecule has 9 nitrogen and oxygen atoms in total. The van der Waals surface area contributed by atoms with Crippen molar-refractivity contribution in [3.05, 3.63) is 60.3 Å². The van der Waals surface area contributed by atoms with Gasteiger partial charge >= 0.3 is 0 Å². The van der Waals surface area contributed by atoms with Crippen LogP contribution in [0, 0.1) is 13.8 Å². The fraction of sp³-hybridized carbons (Fsp3) is 0.286. The van der Waals surface area contributed by atoms with Crippen LogP contribution in [-0.4, -0.2) is 46.4 Å². The zero-order valence-corrected chi connectivity index (χ0v) is 21.8. The standard InChI is InChI=1S/C28H28N8O/c1-15-23(35-17(3)33(5)21-9-7-11-29-26(21)35)13-19-20-14-31-16(2)32-28(20)37-25(19)24(15)36-18(4)34(6)22-10-8-12-30-27(22)36/h7-14,17-18H,1-6H3/t17-,18+/m1/s1. The molecule has 9 heteroatoms. The summed E-state index contributed by atoms with van der Waals surface area (Å²) in [7, 11) is 4.22. The van der Waals surface area contributed by atoms with Crippen molar-refractivity contribution in [2.45, 2.75) is 40.0 Å². The van der Waals surface area contributed by atoms with Crippen LogP contribution < -0.4 is 19.6 Å². The molecule has 0 aliphatic carbocycles. The fourth-order valence-corrected chi connectivity index (χ4v) is 5.79. The minimum Gasteiger partial charge on any atom is -0.435 e. The van der Waals surface area contributed by atoms with E-state index in [4.69, 9.17) is 14.4 Å². The average Bonchev–Trinajstić information content (AvgIpc) is 3.47. The van der Waals surface area contributed by atoms with E-state index in [1.807, 2.05) is 37.6 Å². The first-order valence-electron chi connectivity index (χ1n) is 12.5. The molecule has 2 aliphatic heterocycles. The fourth-order valence-electron chi connectivity index (χ4n) is 5.79. The van der Waals surface area contributed by atoms with E-state index >= 15 is 0 Å². The number of hydrogen-bond acceptors (Lipinski definition) is 9. The molecule has 2 aliphatic rings. The summed E-state index contributed by atoms with van der Waals surface area (Å²) in [5, 5.41) is 1.87. The largest absolute Gasteiger partial charge is 0.435 e. The van der Waals surface area contributed by atoms with Crippen LogP contribution in [0.3, 0.4) is 0 Å². The van der Waals surface area contributed by atoms with Gasteiger partial charge in [0.15, 0.2) is 17.2 Å². The van der Waals surface area contributed by atoms with Crippen LogP contribution in [0.2, 0.25) is 0 Å². The van der Waals surface area contributed by atoms with Crippen molar-refractivity contribution in [3.63, 3.8) is 0 Å². The second kappa shape index (κ2) is 7.55. The molecule has 0 fully saturated rings. The van der Waals surface area contributed by atoms with Crippen molar-refractivity contribution >= 4 is 56.5 Å². The monoisotopic (exact) mass is 492 g/mol. The highest BCUT2D eigenvalue weighted by atomic mass is 16.3. The SMILES string of the molecule is Cc1ncc2c(n1)oc1c(N3c4ncccc4N(C)[C@@H]3C)c(C)c(N3c4ncccc4N(C)[C@H]3C)cc12. The molecule has 7 rings (SSSR count). The van der Waals surface area contributed by atoms with Crippen molar-refractivity contribution in [2.24, 2.45) is 0 Å². The minimum atomic E-state index is 0.0344. The molecule has 5 aromatic rings. The Morgan fingerprint density at radius 2 is 1.41 bits per heavy atom. The van der Waals surface area contributed by atoms with Gasteiger partial charge in [0.25, 0.3) is 0 Å². The Balaban J connectivity index is 1.57. The van der Waals surface area contributed by atoms with Gasteiger partial charge in [-0.25, -0.2) is 15.0 Å². The van der Waals surface area contributed by atoms with E-state index in [0.29, 0.717) is 11.5 Å². The Kier molecular flexibility index (Phi) is 4.46. The maximum atomic E-state index is 6.51. The lowest BCUT2D eigenvalue weighted by atomic mass is 10.0. The molecule has 0 N–H and O–H groups in total. The number of fused-ring (bicyclic) bond motifs is 5. The van der Waals surface area contributed by atoms with E-state index < -0.39 is 0 Å². The van der Waals surface area contributed by atoms with Gasteiger partial charge in [-0.2, -0.15) is 4.98 Å². The molecule has 4 aromatic heterocycles. The van der Waals surface area contributed by atoms with Crippen LogP contribution in [0.15, 0.2) is 53.3 Å². The van der Waals surface area contributed by atoms with E-state index in [0.717, 1.165) is 56.3 Å².